The number of rotatable bonds is 5. The predicted molar refractivity (Wildman–Crippen MR) is 89.5 cm³/mol. The third kappa shape index (κ3) is 3.65. The smallest absolute Gasteiger partial charge is 0.263 e. The largest absolute Gasteiger partial charge is 0.263 e. The molecule has 0 atom stereocenters. The molecule has 1 heterocycles. The molecule has 0 unspecified atom stereocenters. The van der Waals surface area contributed by atoms with Gasteiger partial charge < -0.3 is 0 Å². The lowest BCUT2D eigenvalue weighted by molar-refractivity contribution is 0.506. The van der Waals surface area contributed by atoms with E-state index in [4.69, 9.17) is 0 Å². The molecule has 1 aromatic heterocycles. The molecule has 0 saturated carbocycles. The van der Waals surface area contributed by atoms with Gasteiger partial charge in [0.05, 0.1) is 4.90 Å². The van der Waals surface area contributed by atoms with Crippen LogP contribution >= 0.6 is 0 Å². The second-order valence-electron chi connectivity index (χ2n) is 6.09. The maximum Gasteiger partial charge on any atom is 0.263 e. The number of nitrogens with zero attached hydrogens (tertiary/aromatic N) is 1. The van der Waals surface area contributed by atoms with Gasteiger partial charge >= 0.3 is 0 Å². The van der Waals surface area contributed by atoms with Crippen LogP contribution in [0, 0.1) is 6.92 Å². The van der Waals surface area contributed by atoms with Crippen molar-refractivity contribution in [2.45, 2.75) is 44.4 Å². The van der Waals surface area contributed by atoms with E-state index in [1.165, 1.54) is 0 Å². The standard InChI is InChI=1S/C17H22N2O2S/c1-5-17(3,4)14-7-9-15(10-8-14)22(20,21)19-16-11-6-13(2)12-18-16/h6-12H,5H2,1-4H3,(H,18,19). The molecule has 0 saturated heterocycles. The molecule has 0 amide bonds. The Bertz CT molecular complexity index is 733. The fraction of sp³-hybridized carbons (Fsp3) is 0.353. The van der Waals surface area contributed by atoms with Gasteiger partial charge in [0.15, 0.2) is 0 Å². The topological polar surface area (TPSA) is 59.1 Å². The van der Waals surface area contributed by atoms with E-state index >= 15 is 0 Å². The molecular weight excluding hydrogens is 296 g/mol. The third-order valence-electron chi connectivity index (χ3n) is 3.98. The van der Waals surface area contributed by atoms with E-state index in [-0.39, 0.29) is 10.3 Å². The molecule has 1 aromatic carbocycles. The number of anilines is 1. The summed E-state index contributed by atoms with van der Waals surface area (Å²) in [4.78, 5) is 4.31. The lowest BCUT2D eigenvalue weighted by Gasteiger charge is -2.23. The number of nitrogens with one attached hydrogen (secondary N) is 1. The Hall–Kier alpha value is -1.88. The number of hydrogen-bond acceptors (Lipinski definition) is 3. The van der Waals surface area contributed by atoms with Crippen LogP contribution in [0.2, 0.25) is 0 Å². The summed E-state index contributed by atoms with van der Waals surface area (Å²) in [5.41, 5.74) is 2.14. The summed E-state index contributed by atoms with van der Waals surface area (Å²) in [7, 11) is -3.61. The minimum Gasteiger partial charge on any atom is -0.263 e. The number of hydrogen-bond donors (Lipinski definition) is 1. The van der Waals surface area contributed by atoms with Crippen molar-refractivity contribution in [1.82, 2.24) is 4.98 Å². The first-order chi connectivity index (χ1) is 10.2. The van der Waals surface area contributed by atoms with Gasteiger partial charge in [0.2, 0.25) is 0 Å². The average molecular weight is 318 g/mol. The quantitative estimate of drug-likeness (QED) is 0.910. The number of aromatic nitrogens is 1. The van der Waals surface area contributed by atoms with Gasteiger partial charge in [-0.15, -0.1) is 0 Å². The van der Waals surface area contributed by atoms with E-state index < -0.39 is 10.0 Å². The predicted octanol–water partition coefficient (Wildman–Crippen LogP) is 3.88. The zero-order valence-corrected chi connectivity index (χ0v) is 14.2. The maximum atomic E-state index is 12.4. The minimum absolute atomic E-state index is 0.0359. The highest BCUT2D eigenvalue weighted by molar-refractivity contribution is 7.92. The van der Waals surface area contributed by atoms with Crippen molar-refractivity contribution < 1.29 is 8.42 Å². The lowest BCUT2D eigenvalue weighted by Crippen LogP contribution is -2.17. The van der Waals surface area contributed by atoms with Crippen LogP contribution in [0.4, 0.5) is 5.82 Å². The molecule has 0 bridgehead atoms. The fourth-order valence-corrected chi connectivity index (χ4v) is 3.02. The van der Waals surface area contributed by atoms with Crippen LogP contribution in [-0.4, -0.2) is 13.4 Å². The van der Waals surface area contributed by atoms with Gasteiger partial charge in [-0.1, -0.05) is 39.0 Å². The lowest BCUT2D eigenvalue weighted by atomic mass is 9.82. The monoisotopic (exact) mass is 318 g/mol. The highest BCUT2D eigenvalue weighted by Gasteiger charge is 2.20. The maximum absolute atomic E-state index is 12.4. The SMILES string of the molecule is CCC(C)(C)c1ccc(S(=O)(=O)Nc2ccc(C)cn2)cc1. The summed E-state index contributed by atoms with van der Waals surface area (Å²) in [5, 5.41) is 0. The molecule has 5 heteroatoms. The van der Waals surface area contributed by atoms with Crippen LogP contribution in [0.15, 0.2) is 47.5 Å². The zero-order valence-electron chi connectivity index (χ0n) is 13.4. The Morgan fingerprint density at radius 1 is 1.09 bits per heavy atom. The molecule has 2 aromatic rings. The number of aryl methyl sites for hydroxylation is 1. The highest BCUT2D eigenvalue weighted by atomic mass is 32.2. The number of sulfonamides is 1. The van der Waals surface area contributed by atoms with Gasteiger partial charge in [-0.3, -0.25) is 4.72 Å². The Morgan fingerprint density at radius 2 is 1.73 bits per heavy atom. The average Bonchev–Trinajstić information content (AvgIpc) is 2.49. The van der Waals surface area contributed by atoms with Gasteiger partial charge in [-0.25, -0.2) is 13.4 Å². The van der Waals surface area contributed by atoms with Crippen molar-refractivity contribution in [3.05, 3.63) is 53.7 Å². The van der Waals surface area contributed by atoms with Crippen molar-refractivity contribution in [1.29, 1.82) is 0 Å². The minimum atomic E-state index is -3.61. The second kappa shape index (κ2) is 6.08. The normalized spacial score (nSPS) is 12.2. The number of benzene rings is 1. The van der Waals surface area contributed by atoms with Crippen LogP contribution in [0.1, 0.15) is 38.3 Å². The summed E-state index contributed by atoms with van der Waals surface area (Å²) in [6.45, 7) is 8.31. The Balaban J connectivity index is 2.24. The molecule has 0 spiro atoms. The van der Waals surface area contributed by atoms with Crippen LogP contribution < -0.4 is 4.72 Å². The summed E-state index contributed by atoms with van der Waals surface area (Å²) in [5.74, 6) is 0.323. The molecule has 0 aliphatic rings. The molecule has 2 rings (SSSR count). The second-order valence-corrected chi connectivity index (χ2v) is 7.77. The van der Waals surface area contributed by atoms with Gasteiger partial charge in [-0.2, -0.15) is 0 Å². The van der Waals surface area contributed by atoms with Crippen molar-refractivity contribution >= 4 is 15.8 Å². The van der Waals surface area contributed by atoms with Crippen LogP contribution in [0.3, 0.4) is 0 Å². The molecule has 1 N–H and O–H groups in total. The first kappa shape index (κ1) is 16.5. The summed E-state index contributed by atoms with van der Waals surface area (Å²) in [6.07, 6.45) is 2.62. The van der Waals surface area contributed by atoms with E-state index in [9.17, 15) is 8.42 Å². The highest BCUT2D eigenvalue weighted by Crippen LogP contribution is 2.27. The van der Waals surface area contributed by atoms with E-state index in [2.05, 4.69) is 30.5 Å². The van der Waals surface area contributed by atoms with Crippen molar-refractivity contribution in [3.8, 4) is 0 Å². The molecule has 0 aliphatic carbocycles. The van der Waals surface area contributed by atoms with Gasteiger partial charge in [0, 0.05) is 6.20 Å². The van der Waals surface area contributed by atoms with Crippen molar-refractivity contribution in [2.75, 3.05) is 4.72 Å². The van der Waals surface area contributed by atoms with E-state index in [0.29, 0.717) is 5.82 Å². The fourth-order valence-electron chi connectivity index (χ4n) is 2.01. The molecule has 4 nitrogen and oxygen atoms in total. The molecule has 0 fully saturated rings. The zero-order chi connectivity index (χ0) is 16.4. The van der Waals surface area contributed by atoms with Crippen molar-refractivity contribution in [3.63, 3.8) is 0 Å². The third-order valence-corrected chi connectivity index (χ3v) is 5.35. The molecule has 0 radical (unpaired) electrons. The summed E-state index contributed by atoms with van der Waals surface area (Å²) in [6, 6.07) is 10.5. The van der Waals surface area contributed by atoms with Gasteiger partial charge in [-0.05, 0) is 48.1 Å². The number of pyridine rings is 1. The van der Waals surface area contributed by atoms with Crippen LogP contribution in [0.5, 0.6) is 0 Å². The molecule has 22 heavy (non-hydrogen) atoms. The first-order valence-electron chi connectivity index (χ1n) is 7.30. The van der Waals surface area contributed by atoms with Gasteiger partial charge in [0.1, 0.15) is 5.82 Å². The first-order valence-corrected chi connectivity index (χ1v) is 8.79. The molecule has 118 valence electrons. The molecular formula is C17H22N2O2S. The van der Waals surface area contributed by atoms with Gasteiger partial charge in [0.25, 0.3) is 10.0 Å². The van der Waals surface area contributed by atoms with E-state index in [1.54, 1.807) is 24.4 Å². The molecule has 0 aliphatic heterocycles. The van der Waals surface area contributed by atoms with Crippen molar-refractivity contribution in [2.24, 2.45) is 0 Å². The van der Waals surface area contributed by atoms with E-state index in [1.807, 2.05) is 25.1 Å². The summed E-state index contributed by atoms with van der Waals surface area (Å²) >= 11 is 0. The van der Waals surface area contributed by atoms with Crippen LogP contribution in [-0.2, 0) is 15.4 Å². The Kier molecular flexibility index (Phi) is 4.56. The Morgan fingerprint density at radius 3 is 2.23 bits per heavy atom. The summed E-state index contributed by atoms with van der Waals surface area (Å²) < 4.78 is 27.2. The van der Waals surface area contributed by atoms with E-state index in [0.717, 1.165) is 17.5 Å². The Labute approximate surface area is 132 Å². The van der Waals surface area contributed by atoms with Crippen LogP contribution in [0.25, 0.3) is 0 Å².